The lowest BCUT2D eigenvalue weighted by atomic mass is 9.94. The Balaban J connectivity index is 1.35. The summed E-state index contributed by atoms with van der Waals surface area (Å²) in [5, 5.41) is 0.101. The highest BCUT2D eigenvalue weighted by Crippen LogP contribution is 2.44. The van der Waals surface area contributed by atoms with Crippen LogP contribution in [0.4, 0.5) is 19.4 Å². The predicted molar refractivity (Wildman–Crippen MR) is 153 cm³/mol. The van der Waals surface area contributed by atoms with E-state index in [9.17, 15) is 9.18 Å². The molecular weight excluding hydrogens is 570 g/mol. The number of ether oxygens (including phenoxy) is 3. The molecule has 4 fully saturated rings. The molecule has 2 bridgehead atoms. The van der Waals surface area contributed by atoms with Crippen molar-refractivity contribution < 1.29 is 27.8 Å². The zero-order valence-corrected chi connectivity index (χ0v) is 25.2. The first kappa shape index (κ1) is 29.3. The van der Waals surface area contributed by atoms with Crippen LogP contribution in [0, 0.1) is 5.82 Å². The molecule has 228 valence electrons. The maximum atomic E-state index is 15.4. The molecule has 0 aromatic carbocycles. The van der Waals surface area contributed by atoms with E-state index in [4.69, 9.17) is 30.8 Å². The molecule has 3 atom stereocenters. The third-order valence-electron chi connectivity index (χ3n) is 8.95. The molecule has 0 radical (unpaired) electrons. The van der Waals surface area contributed by atoms with Gasteiger partial charge in [-0.1, -0.05) is 11.6 Å². The summed E-state index contributed by atoms with van der Waals surface area (Å²) in [5.41, 5.74) is -0.906. The van der Waals surface area contributed by atoms with Gasteiger partial charge in [0, 0.05) is 32.9 Å². The highest BCUT2D eigenvalue weighted by molar-refractivity contribution is 6.30. The number of nitrogens with zero attached hydrogens (tertiary/aromatic N) is 6. The monoisotopic (exact) mass is 606 g/mol. The summed E-state index contributed by atoms with van der Waals surface area (Å²) < 4.78 is 46.4. The SMILES string of the molecule is COCC12CCC(CN(c3nc(OCC45CCCN4C/C(=C/F)C5)nc4c(F)c(Cl)ncc34)C1)N2C(=O)OC(C)(C)C. The van der Waals surface area contributed by atoms with Crippen LogP contribution in [0.15, 0.2) is 18.1 Å². The first-order valence-corrected chi connectivity index (χ1v) is 14.8. The number of fused-ring (bicyclic) bond motifs is 4. The van der Waals surface area contributed by atoms with Gasteiger partial charge < -0.3 is 19.1 Å². The summed E-state index contributed by atoms with van der Waals surface area (Å²) in [6, 6.07) is -0.154. The molecule has 42 heavy (non-hydrogen) atoms. The van der Waals surface area contributed by atoms with Crippen LogP contribution < -0.4 is 9.64 Å². The largest absolute Gasteiger partial charge is 0.461 e. The van der Waals surface area contributed by atoms with E-state index in [1.54, 1.807) is 7.11 Å². The number of piperazine rings is 1. The number of carbonyl (C=O) groups excluding carboxylic acids is 1. The molecule has 0 N–H and O–H groups in total. The number of hydrogen-bond donors (Lipinski definition) is 0. The van der Waals surface area contributed by atoms with E-state index in [2.05, 4.69) is 14.9 Å². The van der Waals surface area contributed by atoms with Gasteiger partial charge in [-0.05, 0) is 65.0 Å². The van der Waals surface area contributed by atoms with Crippen molar-refractivity contribution in [2.45, 2.75) is 75.6 Å². The Kier molecular flexibility index (Phi) is 7.46. The number of rotatable bonds is 6. The van der Waals surface area contributed by atoms with Crippen LogP contribution in [0.1, 0.15) is 52.9 Å². The summed E-state index contributed by atoms with van der Waals surface area (Å²) in [4.78, 5) is 32.7. The van der Waals surface area contributed by atoms with Crippen molar-refractivity contribution in [3.63, 3.8) is 0 Å². The molecule has 0 aliphatic carbocycles. The molecule has 2 aromatic rings. The number of amides is 1. The maximum Gasteiger partial charge on any atom is 0.411 e. The average Bonchev–Trinajstić information content (AvgIpc) is 3.55. The second kappa shape index (κ2) is 10.7. The van der Waals surface area contributed by atoms with Gasteiger partial charge in [-0.2, -0.15) is 9.97 Å². The van der Waals surface area contributed by atoms with Gasteiger partial charge >= 0.3 is 12.1 Å². The number of methoxy groups -OCH3 is 1. The van der Waals surface area contributed by atoms with Gasteiger partial charge in [0.2, 0.25) is 0 Å². The summed E-state index contributed by atoms with van der Waals surface area (Å²) in [5.74, 6) is -0.306. The third-order valence-corrected chi connectivity index (χ3v) is 9.22. The minimum atomic E-state index is -0.756. The van der Waals surface area contributed by atoms with Crippen LogP contribution in [0.25, 0.3) is 10.9 Å². The topological polar surface area (TPSA) is 93.2 Å². The highest BCUT2D eigenvalue weighted by atomic mass is 35.5. The fraction of sp³-hybridized carbons (Fsp3) is 0.655. The van der Waals surface area contributed by atoms with Crippen LogP contribution in [-0.2, 0) is 9.47 Å². The zero-order valence-electron chi connectivity index (χ0n) is 24.5. The van der Waals surface area contributed by atoms with E-state index in [0.29, 0.717) is 50.2 Å². The van der Waals surface area contributed by atoms with Gasteiger partial charge in [-0.3, -0.25) is 9.80 Å². The molecule has 3 unspecified atom stereocenters. The zero-order chi connectivity index (χ0) is 29.9. The molecule has 0 saturated carbocycles. The Labute approximate surface area is 249 Å². The van der Waals surface area contributed by atoms with Gasteiger partial charge in [0.15, 0.2) is 11.0 Å². The Morgan fingerprint density at radius 2 is 2.05 bits per heavy atom. The van der Waals surface area contributed by atoms with Crippen LogP contribution in [0.5, 0.6) is 6.01 Å². The van der Waals surface area contributed by atoms with Crippen molar-refractivity contribution in [2.24, 2.45) is 0 Å². The number of hydrogen-bond acceptors (Lipinski definition) is 9. The van der Waals surface area contributed by atoms with Crippen LogP contribution in [0.2, 0.25) is 5.15 Å². The molecule has 6 heterocycles. The van der Waals surface area contributed by atoms with E-state index in [1.807, 2.05) is 30.6 Å². The molecule has 1 amide bonds. The molecule has 10 nitrogen and oxygen atoms in total. The molecule has 4 saturated heterocycles. The molecule has 4 aliphatic heterocycles. The van der Waals surface area contributed by atoms with E-state index >= 15 is 4.39 Å². The standard InChI is InChI=1S/C29H37ClF2N6O4/c1-27(2,3)42-26(39)38-19-6-8-29(38,16-40-4)15-36(14-19)24-20-12-33-23(30)21(32)22(20)34-25(35-24)41-17-28-7-5-9-37(28)13-18(10-28)11-31/h11-12,19H,5-10,13-17H2,1-4H3/b18-11+. The summed E-state index contributed by atoms with van der Waals surface area (Å²) in [7, 11) is 1.61. The van der Waals surface area contributed by atoms with Crippen molar-refractivity contribution >= 4 is 34.4 Å². The van der Waals surface area contributed by atoms with Gasteiger partial charge in [0.25, 0.3) is 0 Å². The smallest absolute Gasteiger partial charge is 0.411 e. The number of halogens is 3. The van der Waals surface area contributed by atoms with Gasteiger partial charge in [-0.15, -0.1) is 0 Å². The Morgan fingerprint density at radius 3 is 2.79 bits per heavy atom. The average molecular weight is 607 g/mol. The third kappa shape index (κ3) is 5.05. The molecular formula is C29H37ClF2N6O4. The highest BCUT2D eigenvalue weighted by Gasteiger charge is 2.55. The summed E-state index contributed by atoms with van der Waals surface area (Å²) >= 11 is 6.07. The number of pyridine rings is 1. The van der Waals surface area contributed by atoms with Crippen LogP contribution in [0.3, 0.4) is 0 Å². The van der Waals surface area contributed by atoms with Gasteiger partial charge in [-0.25, -0.2) is 18.6 Å². The van der Waals surface area contributed by atoms with E-state index in [0.717, 1.165) is 37.8 Å². The van der Waals surface area contributed by atoms with Crippen molar-refractivity contribution in [1.29, 1.82) is 0 Å². The fourth-order valence-corrected chi connectivity index (χ4v) is 7.44. The molecule has 4 aliphatic rings. The predicted octanol–water partition coefficient (Wildman–Crippen LogP) is 4.89. The lowest BCUT2D eigenvalue weighted by molar-refractivity contribution is -0.0261. The van der Waals surface area contributed by atoms with Crippen molar-refractivity contribution in [3.05, 3.63) is 29.1 Å². The molecule has 13 heteroatoms. The van der Waals surface area contributed by atoms with Gasteiger partial charge in [0.05, 0.1) is 35.4 Å². The number of carbonyl (C=O) groups is 1. The maximum absolute atomic E-state index is 15.4. The second-order valence-corrected chi connectivity index (χ2v) is 13.4. The van der Waals surface area contributed by atoms with Gasteiger partial charge in [0.1, 0.15) is 23.5 Å². The number of aromatic nitrogens is 3. The normalized spacial score (nSPS) is 28.6. The first-order valence-electron chi connectivity index (χ1n) is 14.4. The lowest BCUT2D eigenvalue weighted by Gasteiger charge is -2.49. The summed E-state index contributed by atoms with van der Waals surface area (Å²) in [6.07, 6.45) is 5.68. The number of anilines is 1. The van der Waals surface area contributed by atoms with E-state index < -0.39 is 17.0 Å². The second-order valence-electron chi connectivity index (χ2n) is 13.0. The molecule has 0 spiro atoms. The molecule has 6 rings (SSSR count). The minimum Gasteiger partial charge on any atom is -0.461 e. The van der Waals surface area contributed by atoms with Crippen LogP contribution in [-0.4, -0.2) is 100 Å². The quantitative estimate of drug-likeness (QED) is 0.426. The fourth-order valence-electron chi connectivity index (χ4n) is 7.30. The van der Waals surface area contributed by atoms with Crippen molar-refractivity contribution in [1.82, 2.24) is 24.8 Å². The Morgan fingerprint density at radius 1 is 1.24 bits per heavy atom. The van der Waals surface area contributed by atoms with E-state index in [1.165, 1.54) is 6.20 Å². The van der Waals surface area contributed by atoms with Crippen LogP contribution >= 0.6 is 11.6 Å². The first-order chi connectivity index (χ1) is 20.0. The van der Waals surface area contributed by atoms with Crippen molar-refractivity contribution in [2.75, 3.05) is 51.4 Å². The Hall–Kier alpha value is -2.83. The van der Waals surface area contributed by atoms with Crippen molar-refractivity contribution in [3.8, 4) is 6.01 Å². The van der Waals surface area contributed by atoms with E-state index in [-0.39, 0.29) is 41.0 Å². The summed E-state index contributed by atoms with van der Waals surface area (Å²) in [6.45, 7) is 8.35. The molecule has 2 aromatic heterocycles. The minimum absolute atomic E-state index is 0.00857. The lowest BCUT2D eigenvalue weighted by Crippen LogP contribution is -2.66. The Bertz CT molecular complexity index is 1420.